The standard InChI is InChI=1S/C16H17FN6/c1-10-11(2)21-16(18)22-15(10)19-7-12-8-20-23(9-12)14-5-3-13(17)4-6-14/h3-6,8-9H,7H2,1-2H3,(H3,18,19,21,22). The fraction of sp³-hybridized carbons (Fsp3) is 0.188. The maximum Gasteiger partial charge on any atom is 0.222 e. The van der Waals surface area contributed by atoms with Crippen LogP contribution in [0, 0.1) is 19.7 Å². The fourth-order valence-electron chi connectivity index (χ4n) is 2.19. The van der Waals surface area contributed by atoms with Gasteiger partial charge in [0.25, 0.3) is 0 Å². The highest BCUT2D eigenvalue weighted by atomic mass is 19.1. The second-order valence-corrected chi connectivity index (χ2v) is 5.26. The Morgan fingerprint density at radius 3 is 2.65 bits per heavy atom. The van der Waals surface area contributed by atoms with Crippen molar-refractivity contribution in [2.45, 2.75) is 20.4 Å². The van der Waals surface area contributed by atoms with Gasteiger partial charge in [0.15, 0.2) is 0 Å². The Balaban J connectivity index is 1.74. The molecule has 23 heavy (non-hydrogen) atoms. The van der Waals surface area contributed by atoms with Crippen molar-refractivity contribution in [1.82, 2.24) is 19.7 Å². The van der Waals surface area contributed by atoms with Crippen LogP contribution in [0.25, 0.3) is 5.69 Å². The Morgan fingerprint density at radius 1 is 1.17 bits per heavy atom. The van der Waals surface area contributed by atoms with E-state index in [9.17, 15) is 4.39 Å². The van der Waals surface area contributed by atoms with Gasteiger partial charge >= 0.3 is 0 Å². The molecule has 0 bridgehead atoms. The fourth-order valence-corrected chi connectivity index (χ4v) is 2.19. The van der Waals surface area contributed by atoms with Crippen molar-refractivity contribution in [3.05, 3.63) is 59.3 Å². The van der Waals surface area contributed by atoms with Gasteiger partial charge < -0.3 is 11.1 Å². The molecule has 3 N–H and O–H groups in total. The molecule has 6 nitrogen and oxygen atoms in total. The van der Waals surface area contributed by atoms with Crippen LogP contribution in [0.2, 0.25) is 0 Å². The zero-order valence-electron chi connectivity index (χ0n) is 12.9. The number of hydrogen-bond donors (Lipinski definition) is 2. The summed E-state index contributed by atoms with van der Waals surface area (Å²) in [6, 6.07) is 6.17. The highest BCUT2D eigenvalue weighted by molar-refractivity contribution is 5.48. The van der Waals surface area contributed by atoms with Gasteiger partial charge in [0.1, 0.15) is 11.6 Å². The summed E-state index contributed by atoms with van der Waals surface area (Å²) in [4.78, 5) is 8.33. The number of rotatable bonds is 4. The van der Waals surface area contributed by atoms with E-state index in [-0.39, 0.29) is 11.8 Å². The van der Waals surface area contributed by atoms with Gasteiger partial charge in [-0.15, -0.1) is 0 Å². The van der Waals surface area contributed by atoms with Gasteiger partial charge in [0.05, 0.1) is 11.9 Å². The molecule has 0 aliphatic carbocycles. The molecule has 0 saturated carbocycles. The van der Waals surface area contributed by atoms with Crippen molar-refractivity contribution in [3.8, 4) is 5.69 Å². The maximum absolute atomic E-state index is 13.0. The zero-order chi connectivity index (χ0) is 16.4. The molecule has 7 heteroatoms. The topological polar surface area (TPSA) is 81.7 Å². The summed E-state index contributed by atoms with van der Waals surface area (Å²) in [5, 5.41) is 7.52. The van der Waals surface area contributed by atoms with E-state index in [1.54, 1.807) is 23.0 Å². The van der Waals surface area contributed by atoms with E-state index < -0.39 is 0 Å². The number of hydrogen-bond acceptors (Lipinski definition) is 5. The lowest BCUT2D eigenvalue weighted by Gasteiger charge is -2.09. The number of nitrogens with zero attached hydrogens (tertiary/aromatic N) is 4. The molecule has 0 radical (unpaired) electrons. The number of halogens is 1. The van der Waals surface area contributed by atoms with Gasteiger partial charge in [-0.1, -0.05) is 0 Å². The van der Waals surface area contributed by atoms with E-state index in [4.69, 9.17) is 5.73 Å². The molecule has 0 saturated heterocycles. The van der Waals surface area contributed by atoms with E-state index in [1.807, 2.05) is 20.0 Å². The molecule has 1 aromatic carbocycles. The lowest BCUT2D eigenvalue weighted by atomic mass is 10.2. The third-order valence-corrected chi connectivity index (χ3v) is 3.59. The molecule has 0 atom stereocenters. The number of nitrogens with two attached hydrogens (primary N) is 1. The smallest absolute Gasteiger partial charge is 0.222 e. The normalized spacial score (nSPS) is 10.7. The molecule has 3 aromatic rings. The van der Waals surface area contributed by atoms with Gasteiger partial charge in [-0.25, -0.2) is 14.1 Å². The molecular weight excluding hydrogens is 295 g/mol. The first-order valence-corrected chi connectivity index (χ1v) is 7.17. The van der Waals surface area contributed by atoms with E-state index in [0.29, 0.717) is 12.4 Å². The molecular formula is C16H17FN6. The minimum atomic E-state index is -0.269. The number of aryl methyl sites for hydroxylation is 1. The third-order valence-electron chi connectivity index (χ3n) is 3.59. The summed E-state index contributed by atoms with van der Waals surface area (Å²) in [5.74, 6) is 0.692. The first-order chi connectivity index (χ1) is 11.0. The van der Waals surface area contributed by atoms with Crippen LogP contribution in [0.3, 0.4) is 0 Å². The second-order valence-electron chi connectivity index (χ2n) is 5.26. The Kier molecular flexibility index (Phi) is 3.92. The van der Waals surface area contributed by atoms with Crippen molar-refractivity contribution in [2.24, 2.45) is 0 Å². The van der Waals surface area contributed by atoms with Crippen molar-refractivity contribution < 1.29 is 4.39 Å². The number of anilines is 2. The number of benzene rings is 1. The van der Waals surface area contributed by atoms with Crippen molar-refractivity contribution >= 4 is 11.8 Å². The van der Waals surface area contributed by atoms with Crippen molar-refractivity contribution in [3.63, 3.8) is 0 Å². The van der Waals surface area contributed by atoms with Crippen LogP contribution in [-0.4, -0.2) is 19.7 Å². The van der Waals surface area contributed by atoms with Crippen LogP contribution < -0.4 is 11.1 Å². The van der Waals surface area contributed by atoms with Crippen LogP contribution in [0.15, 0.2) is 36.7 Å². The third kappa shape index (κ3) is 3.28. The Labute approximate surface area is 133 Å². The second kappa shape index (κ2) is 6.04. The largest absolute Gasteiger partial charge is 0.368 e. The van der Waals surface area contributed by atoms with Gasteiger partial charge in [-0.05, 0) is 38.1 Å². The first-order valence-electron chi connectivity index (χ1n) is 7.17. The summed E-state index contributed by atoms with van der Waals surface area (Å²) >= 11 is 0. The van der Waals surface area contributed by atoms with Crippen LogP contribution in [0.5, 0.6) is 0 Å². The van der Waals surface area contributed by atoms with Gasteiger partial charge in [-0.3, -0.25) is 0 Å². The summed E-state index contributed by atoms with van der Waals surface area (Å²) in [6.45, 7) is 4.39. The number of nitrogens with one attached hydrogen (secondary N) is 1. The molecule has 0 spiro atoms. The Hall–Kier alpha value is -2.96. The summed E-state index contributed by atoms with van der Waals surface area (Å²) in [7, 11) is 0. The molecule has 0 unspecified atom stereocenters. The van der Waals surface area contributed by atoms with E-state index in [0.717, 1.165) is 22.5 Å². The highest BCUT2D eigenvalue weighted by Gasteiger charge is 2.07. The molecule has 2 heterocycles. The number of nitrogen functional groups attached to an aromatic ring is 1. The number of aromatic nitrogens is 4. The van der Waals surface area contributed by atoms with E-state index in [1.165, 1.54) is 12.1 Å². The van der Waals surface area contributed by atoms with Crippen LogP contribution >= 0.6 is 0 Å². The monoisotopic (exact) mass is 312 g/mol. The lowest BCUT2D eigenvalue weighted by molar-refractivity contribution is 0.627. The molecule has 0 aliphatic rings. The molecule has 0 fully saturated rings. The molecule has 118 valence electrons. The van der Waals surface area contributed by atoms with Crippen LogP contribution in [0.1, 0.15) is 16.8 Å². The highest BCUT2D eigenvalue weighted by Crippen LogP contribution is 2.17. The van der Waals surface area contributed by atoms with Crippen molar-refractivity contribution in [2.75, 3.05) is 11.1 Å². The quantitative estimate of drug-likeness (QED) is 0.774. The van der Waals surface area contributed by atoms with Crippen molar-refractivity contribution in [1.29, 1.82) is 0 Å². The summed E-state index contributed by atoms with van der Waals surface area (Å²) in [5.41, 5.74) is 9.27. The summed E-state index contributed by atoms with van der Waals surface area (Å²) in [6.07, 6.45) is 3.63. The molecule has 0 aliphatic heterocycles. The van der Waals surface area contributed by atoms with Crippen LogP contribution in [0.4, 0.5) is 16.2 Å². The Morgan fingerprint density at radius 2 is 1.91 bits per heavy atom. The average Bonchev–Trinajstić information content (AvgIpc) is 2.99. The minimum absolute atomic E-state index is 0.248. The Bertz CT molecular complexity index is 825. The molecule has 3 rings (SSSR count). The first kappa shape index (κ1) is 15.0. The van der Waals surface area contributed by atoms with Gasteiger partial charge in [0, 0.05) is 29.6 Å². The van der Waals surface area contributed by atoms with E-state index >= 15 is 0 Å². The predicted molar refractivity (Wildman–Crippen MR) is 86.8 cm³/mol. The summed E-state index contributed by atoms with van der Waals surface area (Å²) < 4.78 is 14.7. The predicted octanol–water partition coefficient (Wildman–Crippen LogP) is 2.61. The average molecular weight is 312 g/mol. The zero-order valence-corrected chi connectivity index (χ0v) is 12.9. The van der Waals surface area contributed by atoms with Gasteiger partial charge in [0.2, 0.25) is 5.95 Å². The molecule has 2 aromatic heterocycles. The minimum Gasteiger partial charge on any atom is -0.368 e. The maximum atomic E-state index is 13.0. The van der Waals surface area contributed by atoms with Gasteiger partial charge in [-0.2, -0.15) is 10.1 Å². The molecule has 0 amide bonds. The SMILES string of the molecule is Cc1nc(N)nc(NCc2cnn(-c3ccc(F)cc3)c2)c1C. The van der Waals surface area contributed by atoms with Crippen LogP contribution in [-0.2, 0) is 6.54 Å². The van der Waals surface area contributed by atoms with E-state index in [2.05, 4.69) is 20.4 Å². The lowest BCUT2D eigenvalue weighted by Crippen LogP contribution is -2.07.